The largest absolute Gasteiger partial charge is 0.306 e. The fourth-order valence-corrected chi connectivity index (χ4v) is 4.18. The number of halogens is 1. The van der Waals surface area contributed by atoms with Crippen molar-refractivity contribution in [1.82, 2.24) is 5.32 Å². The average molecular weight is 292 g/mol. The molecule has 1 atom stereocenters. The van der Waals surface area contributed by atoms with Crippen LogP contribution in [0.2, 0.25) is 4.34 Å². The molecule has 100 valence electrons. The van der Waals surface area contributed by atoms with Crippen LogP contribution in [-0.2, 0) is 13.0 Å². The number of thiophene rings is 1. The molecule has 3 rings (SSSR count). The van der Waals surface area contributed by atoms with Crippen LogP contribution in [0.3, 0.4) is 0 Å². The monoisotopic (exact) mass is 291 g/mol. The Morgan fingerprint density at radius 2 is 2.26 bits per heavy atom. The number of benzene rings is 1. The highest BCUT2D eigenvalue weighted by Gasteiger charge is 2.22. The van der Waals surface area contributed by atoms with E-state index >= 15 is 0 Å². The smallest absolute Gasteiger partial charge is 0.0934 e. The fourth-order valence-electron chi connectivity index (χ4n) is 2.80. The molecule has 1 nitrogen and oxygen atoms in total. The van der Waals surface area contributed by atoms with E-state index in [9.17, 15) is 0 Å². The molecule has 0 radical (unpaired) electrons. The lowest BCUT2D eigenvalue weighted by molar-refractivity contribution is 0.463. The van der Waals surface area contributed by atoms with E-state index in [1.165, 1.54) is 40.8 Å². The van der Waals surface area contributed by atoms with Crippen molar-refractivity contribution in [2.45, 2.75) is 38.8 Å². The molecule has 2 aromatic rings. The van der Waals surface area contributed by atoms with Crippen LogP contribution in [0.25, 0.3) is 0 Å². The number of fused-ring (bicyclic) bond motifs is 1. The van der Waals surface area contributed by atoms with Gasteiger partial charge in [-0.3, -0.25) is 0 Å². The van der Waals surface area contributed by atoms with Crippen molar-refractivity contribution < 1.29 is 0 Å². The molecule has 0 fully saturated rings. The summed E-state index contributed by atoms with van der Waals surface area (Å²) in [6.45, 7) is 3.07. The molecule has 0 amide bonds. The zero-order valence-corrected chi connectivity index (χ0v) is 12.7. The summed E-state index contributed by atoms with van der Waals surface area (Å²) in [4.78, 5) is 1.47. The van der Waals surface area contributed by atoms with Crippen molar-refractivity contribution in [2.75, 3.05) is 0 Å². The van der Waals surface area contributed by atoms with Gasteiger partial charge in [0.05, 0.1) is 4.34 Å². The fraction of sp³-hybridized carbons (Fsp3) is 0.375. The van der Waals surface area contributed by atoms with Gasteiger partial charge in [0, 0.05) is 17.5 Å². The summed E-state index contributed by atoms with van der Waals surface area (Å²) < 4.78 is 0.925. The van der Waals surface area contributed by atoms with Crippen LogP contribution in [0.5, 0.6) is 0 Å². The van der Waals surface area contributed by atoms with Gasteiger partial charge in [0.15, 0.2) is 0 Å². The van der Waals surface area contributed by atoms with Crippen LogP contribution < -0.4 is 5.32 Å². The van der Waals surface area contributed by atoms with E-state index < -0.39 is 0 Å². The topological polar surface area (TPSA) is 12.0 Å². The second-order valence-corrected chi connectivity index (χ2v) is 7.01. The lowest BCUT2D eigenvalue weighted by Gasteiger charge is -2.23. The van der Waals surface area contributed by atoms with E-state index in [1.54, 1.807) is 11.3 Å². The molecule has 0 saturated heterocycles. The third kappa shape index (κ3) is 3.02. The van der Waals surface area contributed by atoms with Gasteiger partial charge < -0.3 is 5.32 Å². The summed E-state index contributed by atoms with van der Waals surface area (Å²) in [5.74, 6) is 0. The number of hydrogen-bond donors (Lipinski definition) is 1. The quantitative estimate of drug-likeness (QED) is 0.850. The summed E-state index contributed by atoms with van der Waals surface area (Å²) in [5.41, 5.74) is 4.10. The molecule has 1 aliphatic rings. The van der Waals surface area contributed by atoms with E-state index in [1.807, 2.05) is 0 Å². The molecule has 1 aromatic heterocycles. The van der Waals surface area contributed by atoms with Gasteiger partial charge in [-0.15, -0.1) is 11.3 Å². The summed E-state index contributed by atoms with van der Waals surface area (Å²) in [7, 11) is 0. The molecule has 0 bridgehead atoms. The molecular weight excluding hydrogens is 274 g/mol. The molecule has 3 heteroatoms. The summed E-state index contributed by atoms with van der Waals surface area (Å²) in [6.07, 6.45) is 3.66. The van der Waals surface area contributed by atoms with Gasteiger partial charge >= 0.3 is 0 Å². The predicted octanol–water partition coefficient (Wildman–Crippen LogP) is 4.88. The third-order valence-corrected chi connectivity index (χ3v) is 5.06. The van der Waals surface area contributed by atoms with Gasteiger partial charge in [-0.05, 0) is 43.4 Å². The van der Waals surface area contributed by atoms with E-state index in [0.717, 1.165) is 10.9 Å². The molecule has 0 saturated carbocycles. The molecule has 0 aliphatic heterocycles. The predicted molar refractivity (Wildman–Crippen MR) is 83.0 cm³/mol. The standard InChI is InChI=1S/C16H18ClNS/c1-11-4-2-5-12(8-11)10-18-14-6-3-7-15-13(14)9-16(17)19-15/h2,4-5,8-9,14,18H,3,6-7,10H2,1H3. The minimum Gasteiger partial charge on any atom is -0.306 e. The Hall–Kier alpha value is -0.830. The van der Waals surface area contributed by atoms with Crippen LogP contribution in [0, 0.1) is 6.92 Å². The first kappa shape index (κ1) is 13.2. The van der Waals surface area contributed by atoms with Crippen LogP contribution >= 0.6 is 22.9 Å². The number of nitrogens with one attached hydrogen (secondary N) is 1. The molecule has 1 unspecified atom stereocenters. The molecule has 1 aliphatic carbocycles. The van der Waals surface area contributed by atoms with Crippen molar-refractivity contribution in [1.29, 1.82) is 0 Å². The van der Waals surface area contributed by atoms with Crippen molar-refractivity contribution in [3.63, 3.8) is 0 Å². The number of aryl methyl sites for hydroxylation is 2. The molecule has 1 N–H and O–H groups in total. The highest BCUT2D eigenvalue weighted by Crippen LogP contribution is 2.37. The van der Waals surface area contributed by atoms with Gasteiger partial charge in [0.1, 0.15) is 0 Å². The van der Waals surface area contributed by atoms with Gasteiger partial charge in [-0.25, -0.2) is 0 Å². The maximum Gasteiger partial charge on any atom is 0.0934 e. The van der Waals surface area contributed by atoms with Gasteiger partial charge in [-0.2, -0.15) is 0 Å². The Morgan fingerprint density at radius 1 is 1.37 bits per heavy atom. The van der Waals surface area contributed by atoms with Gasteiger partial charge in [0.25, 0.3) is 0 Å². The number of hydrogen-bond acceptors (Lipinski definition) is 2. The van der Waals surface area contributed by atoms with Crippen molar-refractivity contribution in [3.05, 3.63) is 56.2 Å². The van der Waals surface area contributed by atoms with Gasteiger partial charge in [0.2, 0.25) is 0 Å². The van der Waals surface area contributed by atoms with E-state index in [0.29, 0.717) is 6.04 Å². The zero-order chi connectivity index (χ0) is 13.2. The SMILES string of the molecule is Cc1cccc(CNC2CCCc3sc(Cl)cc32)c1. The second-order valence-electron chi connectivity index (χ2n) is 5.24. The minimum atomic E-state index is 0.466. The summed E-state index contributed by atoms with van der Waals surface area (Å²) in [6, 6.07) is 11.3. The Labute approximate surface area is 123 Å². The first-order chi connectivity index (χ1) is 9.22. The Kier molecular flexibility index (Phi) is 3.92. The highest BCUT2D eigenvalue weighted by atomic mass is 35.5. The highest BCUT2D eigenvalue weighted by molar-refractivity contribution is 7.16. The normalized spacial score (nSPS) is 18.3. The molecule has 1 heterocycles. The Morgan fingerprint density at radius 3 is 3.11 bits per heavy atom. The first-order valence-corrected chi connectivity index (χ1v) is 7.99. The average Bonchev–Trinajstić information content (AvgIpc) is 2.77. The van der Waals surface area contributed by atoms with Crippen molar-refractivity contribution in [3.8, 4) is 0 Å². The van der Waals surface area contributed by atoms with Crippen molar-refractivity contribution >= 4 is 22.9 Å². The minimum absolute atomic E-state index is 0.466. The van der Waals surface area contributed by atoms with Crippen LogP contribution in [0.1, 0.15) is 40.5 Å². The lowest BCUT2D eigenvalue weighted by Crippen LogP contribution is -2.23. The molecule has 0 spiro atoms. The third-order valence-electron chi connectivity index (χ3n) is 3.72. The first-order valence-electron chi connectivity index (χ1n) is 6.79. The molecule has 1 aromatic carbocycles. The lowest BCUT2D eigenvalue weighted by atomic mass is 9.94. The summed E-state index contributed by atoms with van der Waals surface area (Å²) >= 11 is 7.89. The van der Waals surface area contributed by atoms with Gasteiger partial charge in [-0.1, -0.05) is 41.4 Å². The zero-order valence-electron chi connectivity index (χ0n) is 11.1. The van der Waals surface area contributed by atoms with E-state index in [4.69, 9.17) is 11.6 Å². The molecular formula is C16H18ClNS. The van der Waals surface area contributed by atoms with E-state index in [-0.39, 0.29) is 0 Å². The summed E-state index contributed by atoms with van der Waals surface area (Å²) in [5, 5.41) is 3.68. The van der Waals surface area contributed by atoms with E-state index in [2.05, 4.69) is 42.6 Å². The number of rotatable bonds is 3. The maximum absolute atomic E-state index is 6.14. The second kappa shape index (κ2) is 5.66. The van der Waals surface area contributed by atoms with Crippen LogP contribution in [0.4, 0.5) is 0 Å². The Bertz CT molecular complexity index is 576. The van der Waals surface area contributed by atoms with Crippen LogP contribution in [0.15, 0.2) is 30.3 Å². The molecule has 19 heavy (non-hydrogen) atoms. The Balaban J connectivity index is 1.71. The maximum atomic E-state index is 6.14. The van der Waals surface area contributed by atoms with Crippen molar-refractivity contribution in [2.24, 2.45) is 0 Å². The van der Waals surface area contributed by atoms with Crippen LogP contribution in [-0.4, -0.2) is 0 Å².